The van der Waals surface area contributed by atoms with Crippen molar-refractivity contribution in [3.05, 3.63) is 69.7 Å². The first-order valence-corrected chi connectivity index (χ1v) is 11.2. The molecule has 3 N–H and O–H groups in total. The molecule has 7 heteroatoms. The van der Waals surface area contributed by atoms with Crippen LogP contribution in [0.15, 0.2) is 53.5 Å². The Morgan fingerprint density at radius 3 is 2.45 bits per heavy atom. The van der Waals surface area contributed by atoms with E-state index in [0.717, 1.165) is 24.8 Å². The fourth-order valence-corrected chi connectivity index (χ4v) is 4.27. The molecule has 0 spiro atoms. The van der Waals surface area contributed by atoms with Crippen LogP contribution in [0.2, 0.25) is 10.0 Å². The zero-order chi connectivity index (χ0) is 22.4. The molecular formula is C24H27Cl2N3O2. The third-order valence-corrected chi connectivity index (χ3v) is 6.40. The fourth-order valence-electron chi connectivity index (χ4n) is 3.91. The lowest BCUT2D eigenvalue weighted by molar-refractivity contribution is -0.141. The van der Waals surface area contributed by atoms with Gasteiger partial charge in [0.15, 0.2) is 0 Å². The van der Waals surface area contributed by atoms with Crippen molar-refractivity contribution in [3.63, 3.8) is 0 Å². The summed E-state index contributed by atoms with van der Waals surface area (Å²) in [5.74, 6) is 0.201. The number of hydrogen-bond acceptors (Lipinski definition) is 4. The van der Waals surface area contributed by atoms with E-state index < -0.39 is 6.04 Å². The monoisotopic (exact) mass is 459 g/mol. The van der Waals surface area contributed by atoms with Crippen LogP contribution in [0.3, 0.4) is 0 Å². The second kappa shape index (κ2) is 10.3. The van der Waals surface area contributed by atoms with E-state index in [1.54, 1.807) is 6.07 Å². The molecule has 1 fully saturated rings. The molecule has 1 atom stereocenters. The van der Waals surface area contributed by atoms with E-state index in [1.165, 1.54) is 6.92 Å². The maximum atomic E-state index is 11.1. The van der Waals surface area contributed by atoms with E-state index >= 15 is 0 Å². The molecular weight excluding hydrogens is 433 g/mol. The molecule has 1 saturated carbocycles. The number of nitrogens with two attached hydrogens (primary N) is 1. The van der Waals surface area contributed by atoms with E-state index in [1.807, 2.05) is 42.5 Å². The molecule has 2 aromatic carbocycles. The second-order valence-electron chi connectivity index (χ2n) is 7.85. The summed E-state index contributed by atoms with van der Waals surface area (Å²) < 4.78 is 5.06. The zero-order valence-electron chi connectivity index (χ0n) is 17.5. The van der Waals surface area contributed by atoms with E-state index in [4.69, 9.17) is 44.1 Å². The number of benzene rings is 2. The van der Waals surface area contributed by atoms with Gasteiger partial charge in [-0.15, -0.1) is 0 Å². The normalized spacial score (nSPS) is 16.3. The summed E-state index contributed by atoms with van der Waals surface area (Å²) in [6.07, 6.45) is 3.97. The van der Waals surface area contributed by atoms with Gasteiger partial charge in [0.05, 0.1) is 23.8 Å². The van der Waals surface area contributed by atoms with Crippen molar-refractivity contribution in [2.45, 2.75) is 50.5 Å². The van der Waals surface area contributed by atoms with E-state index in [9.17, 15) is 4.79 Å². The number of nitrogens with zero attached hydrogens (tertiary/aromatic N) is 1. The minimum absolute atomic E-state index is 0.277. The molecule has 164 valence electrons. The van der Waals surface area contributed by atoms with Gasteiger partial charge in [-0.25, -0.2) is 0 Å². The van der Waals surface area contributed by atoms with Crippen molar-refractivity contribution < 1.29 is 9.53 Å². The highest BCUT2D eigenvalue weighted by Gasteiger charge is 2.42. The minimum atomic E-state index is -0.486. The van der Waals surface area contributed by atoms with Crippen LogP contribution in [0.25, 0.3) is 0 Å². The number of carbonyl (C=O) groups excluding carboxylic acids is 1. The van der Waals surface area contributed by atoms with Crippen LogP contribution < -0.4 is 5.73 Å². The van der Waals surface area contributed by atoms with Crippen LogP contribution >= 0.6 is 23.2 Å². The fraction of sp³-hybridized carbons (Fsp3) is 0.375. The van der Waals surface area contributed by atoms with Crippen molar-refractivity contribution in [3.8, 4) is 0 Å². The zero-order valence-corrected chi connectivity index (χ0v) is 19.0. The standard InChI is InChI=1S/C24H27Cl2N3O2/c1-16(30)31-15-4-8-21(22(27)19-6-2-3-7-20(19)26)29-23(28)24(13-5-14-24)17-9-11-18(25)12-10-17/h2-3,6-7,9-12,21,27H,4-5,8,13-15H2,1H3,(H2,28,29). The van der Waals surface area contributed by atoms with Gasteiger partial charge >= 0.3 is 5.97 Å². The third-order valence-electron chi connectivity index (χ3n) is 5.81. The van der Waals surface area contributed by atoms with Crippen molar-refractivity contribution in [2.75, 3.05) is 6.61 Å². The highest BCUT2D eigenvalue weighted by atomic mass is 35.5. The van der Waals surface area contributed by atoms with E-state index in [0.29, 0.717) is 40.0 Å². The van der Waals surface area contributed by atoms with Crippen molar-refractivity contribution in [1.82, 2.24) is 0 Å². The average Bonchev–Trinajstić information content (AvgIpc) is 2.70. The molecule has 0 bridgehead atoms. The maximum Gasteiger partial charge on any atom is 0.302 e. The Bertz CT molecular complexity index is 969. The lowest BCUT2D eigenvalue weighted by Gasteiger charge is -2.42. The molecule has 2 aromatic rings. The maximum absolute atomic E-state index is 11.1. The van der Waals surface area contributed by atoms with Gasteiger partial charge in [-0.3, -0.25) is 9.79 Å². The average molecular weight is 460 g/mol. The van der Waals surface area contributed by atoms with Crippen LogP contribution in [0.5, 0.6) is 0 Å². The van der Waals surface area contributed by atoms with Crippen LogP contribution in [-0.2, 0) is 14.9 Å². The minimum Gasteiger partial charge on any atom is -0.466 e. The number of esters is 1. The van der Waals surface area contributed by atoms with Crippen LogP contribution in [0, 0.1) is 5.41 Å². The van der Waals surface area contributed by atoms with Gasteiger partial charge in [-0.1, -0.05) is 60.0 Å². The Morgan fingerprint density at radius 1 is 1.19 bits per heavy atom. The molecule has 5 nitrogen and oxygen atoms in total. The van der Waals surface area contributed by atoms with Gasteiger partial charge in [0, 0.05) is 22.5 Å². The molecule has 0 saturated heterocycles. The summed E-state index contributed by atoms with van der Waals surface area (Å²) in [5.41, 5.74) is 8.29. The van der Waals surface area contributed by atoms with Gasteiger partial charge in [0.1, 0.15) is 5.84 Å². The predicted octanol–water partition coefficient (Wildman–Crippen LogP) is 5.55. The summed E-state index contributed by atoms with van der Waals surface area (Å²) in [6.45, 7) is 1.66. The third kappa shape index (κ3) is 5.46. The SMILES string of the molecule is CC(=O)OCCCC(N=C(N)C1(c2ccc(Cl)cc2)CCC1)C(=N)c1ccccc1Cl. The molecule has 31 heavy (non-hydrogen) atoms. The van der Waals surface area contributed by atoms with Crippen LogP contribution in [-0.4, -0.2) is 30.2 Å². The molecule has 1 unspecified atom stereocenters. The van der Waals surface area contributed by atoms with E-state index in [-0.39, 0.29) is 18.0 Å². The smallest absolute Gasteiger partial charge is 0.302 e. The first-order valence-electron chi connectivity index (χ1n) is 10.4. The van der Waals surface area contributed by atoms with Gasteiger partial charge in [0.25, 0.3) is 0 Å². The largest absolute Gasteiger partial charge is 0.466 e. The summed E-state index contributed by atoms with van der Waals surface area (Å²) in [7, 11) is 0. The highest BCUT2D eigenvalue weighted by Crippen LogP contribution is 2.44. The summed E-state index contributed by atoms with van der Waals surface area (Å²) in [6, 6.07) is 14.5. The first-order chi connectivity index (χ1) is 14.8. The molecule has 1 aliphatic carbocycles. The quantitative estimate of drug-likeness (QED) is 0.223. The number of ether oxygens (including phenoxy) is 1. The number of aliphatic imine (C=N–C) groups is 1. The molecule has 0 heterocycles. The molecule has 1 aliphatic rings. The van der Waals surface area contributed by atoms with Crippen molar-refractivity contribution in [1.29, 1.82) is 5.41 Å². The predicted molar refractivity (Wildman–Crippen MR) is 127 cm³/mol. The number of amidine groups is 1. The summed E-state index contributed by atoms with van der Waals surface area (Å²) in [5, 5.41) is 9.96. The molecule has 3 rings (SSSR count). The topological polar surface area (TPSA) is 88.5 Å². The van der Waals surface area contributed by atoms with Crippen LogP contribution in [0.4, 0.5) is 0 Å². The van der Waals surface area contributed by atoms with Gasteiger partial charge in [-0.2, -0.15) is 0 Å². The number of rotatable bonds is 9. The number of nitrogens with one attached hydrogen (secondary N) is 1. The molecule has 0 aliphatic heterocycles. The number of halogens is 2. The molecule has 0 aromatic heterocycles. The Labute approximate surface area is 193 Å². The van der Waals surface area contributed by atoms with Crippen molar-refractivity contribution >= 4 is 40.7 Å². The second-order valence-corrected chi connectivity index (χ2v) is 8.69. The lowest BCUT2D eigenvalue weighted by atomic mass is 9.63. The Hall–Kier alpha value is -2.37. The van der Waals surface area contributed by atoms with Gasteiger partial charge in [0.2, 0.25) is 0 Å². The van der Waals surface area contributed by atoms with Crippen LogP contribution in [0.1, 0.15) is 50.2 Å². The molecule has 0 radical (unpaired) electrons. The number of hydrogen-bond donors (Lipinski definition) is 2. The van der Waals surface area contributed by atoms with Gasteiger partial charge < -0.3 is 15.9 Å². The Balaban J connectivity index is 1.89. The van der Waals surface area contributed by atoms with E-state index in [2.05, 4.69) is 0 Å². The number of carbonyl (C=O) groups is 1. The summed E-state index contributed by atoms with van der Waals surface area (Å²) >= 11 is 12.4. The Morgan fingerprint density at radius 2 is 1.87 bits per heavy atom. The highest BCUT2D eigenvalue weighted by molar-refractivity contribution is 6.34. The summed E-state index contributed by atoms with van der Waals surface area (Å²) in [4.78, 5) is 15.9. The van der Waals surface area contributed by atoms with Crippen molar-refractivity contribution in [2.24, 2.45) is 10.7 Å². The molecule has 0 amide bonds. The van der Waals surface area contributed by atoms with Gasteiger partial charge in [-0.05, 0) is 49.4 Å². The lowest BCUT2D eigenvalue weighted by Crippen LogP contribution is -2.48. The first kappa shape index (κ1) is 23.3. The Kier molecular flexibility index (Phi) is 7.74.